The SMILES string of the molecule is [2H]C([2H])([2H])n1c(Nc2c[nH]c3ccc(Cl)cc23)nc2cc(C(F)(F)F)ccc21. The Hall–Kier alpha value is -2.67. The molecule has 0 saturated carbocycles. The van der Waals surface area contributed by atoms with Gasteiger partial charge in [-0.3, -0.25) is 0 Å². The predicted octanol–water partition coefficient (Wildman–Crippen LogP) is 5.47. The summed E-state index contributed by atoms with van der Waals surface area (Å²) in [4.78, 5) is 7.11. The zero-order valence-electron chi connectivity index (χ0n) is 15.4. The molecule has 128 valence electrons. The van der Waals surface area contributed by atoms with Crippen LogP contribution in [-0.4, -0.2) is 14.5 Å². The number of benzene rings is 2. The molecule has 2 heterocycles. The predicted molar refractivity (Wildman–Crippen MR) is 92.3 cm³/mol. The Balaban J connectivity index is 1.88. The quantitative estimate of drug-likeness (QED) is 0.493. The van der Waals surface area contributed by atoms with Gasteiger partial charge in [0.25, 0.3) is 0 Å². The maximum absolute atomic E-state index is 13.0. The molecule has 2 aromatic heterocycles. The van der Waals surface area contributed by atoms with Crippen molar-refractivity contribution in [3.63, 3.8) is 0 Å². The first-order valence-corrected chi connectivity index (χ1v) is 7.56. The fourth-order valence-electron chi connectivity index (χ4n) is 2.66. The lowest BCUT2D eigenvalue weighted by Gasteiger charge is -2.06. The number of aryl methyl sites for hydroxylation is 1. The smallest absolute Gasteiger partial charge is 0.359 e. The van der Waals surface area contributed by atoms with Gasteiger partial charge in [-0.25, -0.2) is 4.98 Å². The molecule has 4 rings (SSSR count). The standard InChI is InChI=1S/C17H12ClF3N4/c1-25-15-5-2-9(17(19,20)21)6-13(15)23-16(25)24-14-8-22-12-4-3-10(18)7-11(12)14/h2-8,22H,1H3,(H,23,24)/i1D3. The Morgan fingerprint density at radius 3 is 2.84 bits per heavy atom. The normalized spacial score (nSPS) is 14.5. The van der Waals surface area contributed by atoms with E-state index in [4.69, 9.17) is 15.7 Å². The van der Waals surface area contributed by atoms with Gasteiger partial charge in [-0.15, -0.1) is 0 Å². The number of hydrogen-bond acceptors (Lipinski definition) is 2. The number of anilines is 2. The fraction of sp³-hybridized carbons (Fsp3) is 0.118. The van der Waals surface area contributed by atoms with E-state index in [1.165, 1.54) is 0 Å². The number of imidazole rings is 1. The molecule has 2 aromatic carbocycles. The van der Waals surface area contributed by atoms with E-state index in [1.54, 1.807) is 24.4 Å². The van der Waals surface area contributed by atoms with Gasteiger partial charge in [-0.2, -0.15) is 13.2 Å². The Kier molecular flexibility index (Phi) is 2.74. The second kappa shape index (κ2) is 5.42. The number of H-pyrrole nitrogens is 1. The van der Waals surface area contributed by atoms with E-state index >= 15 is 0 Å². The Morgan fingerprint density at radius 1 is 1.24 bits per heavy atom. The molecule has 0 saturated heterocycles. The van der Waals surface area contributed by atoms with E-state index < -0.39 is 18.7 Å². The van der Waals surface area contributed by atoms with Crippen LogP contribution in [0.1, 0.15) is 9.68 Å². The highest BCUT2D eigenvalue weighted by molar-refractivity contribution is 6.31. The van der Waals surface area contributed by atoms with Crippen molar-refractivity contribution in [2.75, 3.05) is 5.32 Å². The molecule has 0 radical (unpaired) electrons. The van der Waals surface area contributed by atoms with Gasteiger partial charge in [0.05, 0.1) is 22.3 Å². The maximum Gasteiger partial charge on any atom is 0.416 e. The summed E-state index contributed by atoms with van der Waals surface area (Å²) in [5.41, 5.74) is 0.331. The molecule has 2 N–H and O–H groups in total. The molecular formula is C17H12ClF3N4. The molecular weight excluding hydrogens is 353 g/mol. The lowest BCUT2D eigenvalue weighted by Crippen LogP contribution is -2.04. The topological polar surface area (TPSA) is 45.6 Å². The lowest BCUT2D eigenvalue weighted by atomic mass is 10.2. The molecule has 0 fully saturated rings. The van der Waals surface area contributed by atoms with Crippen molar-refractivity contribution in [2.24, 2.45) is 6.98 Å². The first kappa shape index (κ1) is 12.7. The van der Waals surface area contributed by atoms with Crippen molar-refractivity contribution in [1.29, 1.82) is 0 Å². The Morgan fingerprint density at radius 2 is 2.08 bits per heavy atom. The van der Waals surface area contributed by atoms with Crippen LogP contribution in [0.2, 0.25) is 5.02 Å². The number of nitrogens with zero attached hydrogens (tertiary/aromatic N) is 2. The van der Waals surface area contributed by atoms with Crippen molar-refractivity contribution in [3.8, 4) is 0 Å². The van der Waals surface area contributed by atoms with Crippen LogP contribution < -0.4 is 5.32 Å². The van der Waals surface area contributed by atoms with Gasteiger partial charge in [-0.05, 0) is 36.4 Å². The van der Waals surface area contributed by atoms with Gasteiger partial charge in [0, 0.05) is 33.2 Å². The lowest BCUT2D eigenvalue weighted by molar-refractivity contribution is -0.137. The third-order valence-corrected chi connectivity index (χ3v) is 4.11. The average Bonchev–Trinajstić information content (AvgIpc) is 3.14. The van der Waals surface area contributed by atoms with Gasteiger partial charge in [-0.1, -0.05) is 11.6 Å². The van der Waals surface area contributed by atoms with E-state index in [1.807, 2.05) is 0 Å². The molecule has 25 heavy (non-hydrogen) atoms. The van der Waals surface area contributed by atoms with E-state index in [0.29, 0.717) is 16.1 Å². The van der Waals surface area contributed by atoms with Crippen molar-refractivity contribution in [2.45, 2.75) is 6.18 Å². The number of nitrogens with one attached hydrogen (secondary N) is 2. The molecule has 0 atom stereocenters. The highest BCUT2D eigenvalue weighted by atomic mass is 35.5. The number of halogens is 4. The summed E-state index contributed by atoms with van der Waals surface area (Å²) in [6, 6.07) is 7.90. The number of rotatable bonds is 2. The van der Waals surface area contributed by atoms with Gasteiger partial charge < -0.3 is 14.9 Å². The maximum atomic E-state index is 13.0. The van der Waals surface area contributed by atoms with Crippen LogP contribution in [0.4, 0.5) is 24.8 Å². The number of aromatic amines is 1. The number of fused-ring (bicyclic) bond motifs is 2. The molecule has 0 bridgehead atoms. The summed E-state index contributed by atoms with van der Waals surface area (Å²) in [6.45, 7) is -2.65. The van der Waals surface area contributed by atoms with E-state index in [0.717, 1.165) is 28.3 Å². The summed E-state index contributed by atoms with van der Waals surface area (Å²) >= 11 is 6.02. The summed E-state index contributed by atoms with van der Waals surface area (Å²) in [7, 11) is 0. The van der Waals surface area contributed by atoms with Crippen molar-refractivity contribution in [1.82, 2.24) is 14.5 Å². The van der Waals surface area contributed by atoms with Gasteiger partial charge in [0.2, 0.25) is 5.95 Å². The van der Waals surface area contributed by atoms with Crippen LogP contribution in [0.15, 0.2) is 42.6 Å². The van der Waals surface area contributed by atoms with Crippen LogP contribution >= 0.6 is 11.6 Å². The van der Waals surface area contributed by atoms with Crippen LogP contribution in [0.25, 0.3) is 21.9 Å². The van der Waals surface area contributed by atoms with Crippen LogP contribution in [-0.2, 0) is 13.2 Å². The largest absolute Gasteiger partial charge is 0.416 e. The first-order valence-electron chi connectivity index (χ1n) is 8.68. The third-order valence-electron chi connectivity index (χ3n) is 3.87. The zero-order valence-corrected chi connectivity index (χ0v) is 13.2. The molecule has 0 aliphatic carbocycles. The molecule has 0 amide bonds. The average molecular weight is 368 g/mol. The second-order valence-electron chi connectivity index (χ2n) is 5.49. The van der Waals surface area contributed by atoms with Gasteiger partial charge in [0.15, 0.2) is 0 Å². The van der Waals surface area contributed by atoms with Crippen molar-refractivity contribution in [3.05, 3.63) is 53.2 Å². The fourth-order valence-corrected chi connectivity index (χ4v) is 2.83. The molecule has 0 aliphatic rings. The zero-order chi connectivity index (χ0) is 20.3. The molecule has 4 nitrogen and oxygen atoms in total. The minimum atomic E-state index is -4.56. The van der Waals surface area contributed by atoms with Crippen molar-refractivity contribution < 1.29 is 17.3 Å². The highest BCUT2D eigenvalue weighted by Gasteiger charge is 2.31. The Bertz CT molecular complexity index is 1190. The molecule has 4 aromatic rings. The summed E-state index contributed by atoms with van der Waals surface area (Å²) in [6.07, 6.45) is -2.95. The van der Waals surface area contributed by atoms with Crippen LogP contribution in [0.3, 0.4) is 0 Å². The highest BCUT2D eigenvalue weighted by Crippen LogP contribution is 2.33. The van der Waals surface area contributed by atoms with Crippen LogP contribution in [0.5, 0.6) is 0 Å². The van der Waals surface area contributed by atoms with E-state index in [-0.39, 0.29) is 17.0 Å². The summed E-state index contributed by atoms with van der Waals surface area (Å²) < 4.78 is 63.2. The third kappa shape index (κ3) is 2.70. The number of alkyl halides is 3. The minimum absolute atomic E-state index is 0.0633. The first-order chi connectivity index (χ1) is 13.0. The van der Waals surface area contributed by atoms with Gasteiger partial charge in [0.1, 0.15) is 0 Å². The minimum Gasteiger partial charge on any atom is -0.359 e. The summed E-state index contributed by atoms with van der Waals surface area (Å²) in [5, 5.41) is 4.07. The van der Waals surface area contributed by atoms with Crippen molar-refractivity contribution >= 4 is 45.2 Å². The van der Waals surface area contributed by atoms with E-state index in [9.17, 15) is 13.2 Å². The van der Waals surface area contributed by atoms with Crippen LogP contribution in [0, 0.1) is 0 Å². The molecule has 0 unspecified atom stereocenters. The number of aromatic nitrogens is 3. The monoisotopic (exact) mass is 367 g/mol. The summed E-state index contributed by atoms with van der Waals surface area (Å²) in [5.74, 6) is -0.102. The molecule has 0 aliphatic heterocycles. The Labute approximate surface area is 149 Å². The number of hydrogen-bond donors (Lipinski definition) is 2. The van der Waals surface area contributed by atoms with E-state index in [2.05, 4.69) is 15.3 Å². The second-order valence-corrected chi connectivity index (χ2v) is 5.93. The van der Waals surface area contributed by atoms with Gasteiger partial charge >= 0.3 is 6.18 Å². The molecule has 0 spiro atoms. The molecule has 8 heteroatoms.